The van der Waals surface area contributed by atoms with Crippen LogP contribution >= 0.6 is 27.7 Å². The molecule has 92 valence electrons. The van der Waals surface area contributed by atoms with Crippen LogP contribution in [0.1, 0.15) is 29.6 Å². The van der Waals surface area contributed by atoms with E-state index in [-0.39, 0.29) is 11.9 Å². The third-order valence-corrected chi connectivity index (χ3v) is 4.02. The maximum Gasteiger partial charge on any atom is 0.170 e. The van der Waals surface area contributed by atoms with Gasteiger partial charge in [-0.15, -0.1) is 0 Å². The van der Waals surface area contributed by atoms with E-state index in [1.807, 2.05) is 30.0 Å². The summed E-state index contributed by atoms with van der Waals surface area (Å²) in [5.41, 5.74) is 0.717. The molecule has 1 aromatic carbocycles. The quantitative estimate of drug-likeness (QED) is 0.788. The van der Waals surface area contributed by atoms with Crippen molar-refractivity contribution in [2.75, 3.05) is 12.0 Å². The molecule has 0 bridgehead atoms. The van der Waals surface area contributed by atoms with Crippen molar-refractivity contribution in [2.24, 2.45) is 0 Å². The molecule has 0 saturated heterocycles. The van der Waals surface area contributed by atoms with Gasteiger partial charge < -0.3 is 4.74 Å². The molecular weight excluding hydrogens is 300 g/mol. The Labute approximate surface area is 114 Å². The van der Waals surface area contributed by atoms with E-state index >= 15 is 0 Å². The highest BCUT2D eigenvalue weighted by Gasteiger charge is 2.25. The predicted octanol–water partition coefficient (Wildman–Crippen LogP) is 3.93. The van der Waals surface area contributed by atoms with Crippen LogP contribution in [0, 0.1) is 0 Å². The Bertz CT molecular complexity index is 420. The SMILES string of the molecule is CSCCCC1CC(=O)c2ccc(Br)cc2O1. The third kappa shape index (κ3) is 3.26. The number of benzene rings is 1. The highest BCUT2D eigenvalue weighted by Crippen LogP contribution is 2.31. The van der Waals surface area contributed by atoms with Crippen molar-refractivity contribution in [1.82, 2.24) is 0 Å². The largest absolute Gasteiger partial charge is 0.489 e. The molecule has 0 amide bonds. The molecule has 1 atom stereocenters. The van der Waals surface area contributed by atoms with Gasteiger partial charge in [0.25, 0.3) is 0 Å². The first-order valence-electron chi connectivity index (χ1n) is 5.69. The van der Waals surface area contributed by atoms with Gasteiger partial charge in [0.15, 0.2) is 5.78 Å². The Hall–Kier alpha value is -0.480. The molecule has 1 unspecified atom stereocenters. The number of hydrogen-bond donors (Lipinski definition) is 0. The molecule has 0 saturated carbocycles. The van der Waals surface area contributed by atoms with Crippen molar-refractivity contribution < 1.29 is 9.53 Å². The molecule has 0 N–H and O–H groups in total. The Morgan fingerprint density at radius 1 is 1.53 bits per heavy atom. The summed E-state index contributed by atoms with van der Waals surface area (Å²) >= 11 is 5.23. The standard InChI is InChI=1S/C13H15BrO2S/c1-17-6-2-3-10-8-12(15)11-5-4-9(14)7-13(11)16-10/h4-5,7,10H,2-3,6,8H2,1H3. The van der Waals surface area contributed by atoms with E-state index in [9.17, 15) is 4.79 Å². The summed E-state index contributed by atoms with van der Waals surface area (Å²) in [6.07, 6.45) is 4.72. The summed E-state index contributed by atoms with van der Waals surface area (Å²) in [7, 11) is 0. The van der Waals surface area contributed by atoms with Gasteiger partial charge in [-0.05, 0) is 43.0 Å². The topological polar surface area (TPSA) is 26.3 Å². The van der Waals surface area contributed by atoms with Gasteiger partial charge in [-0.25, -0.2) is 0 Å². The number of carbonyl (C=O) groups is 1. The number of halogens is 1. The monoisotopic (exact) mass is 314 g/mol. The Kier molecular flexibility index (Phi) is 4.51. The summed E-state index contributed by atoms with van der Waals surface area (Å²) < 4.78 is 6.82. The number of ether oxygens (including phenoxy) is 1. The summed E-state index contributed by atoms with van der Waals surface area (Å²) in [4.78, 5) is 11.9. The zero-order valence-corrected chi connectivity index (χ0v) is 12.1. The predicted molar refractivity (Wildman–Crippen MR) is 75.1 cm³/mol. The lowest BCUT2D eigenvalue weighted by Crippen LogP contribution is -2.27. The Balaban J connectivity index is 2.06. The van der Waals surface area contributed by atoms with Gasteiger partial charge in [-0.3, -0.25) is 4.79 Å². The number of hydrogen-bond acceptors (Lipinski definition) is 3. The Morgan fingerprint density at radius 2 is 2.35 bits per heavy atom. The molecule has 1 aliphatic heterocycles. The van der Waals surface area contributed by atoms with Crippen molar-refractivity contribution in [3.8, 4) is 5.75 Å². The van der Waals surface area contributed by atoms with Gasteiger partial charge >= 0.3 is 0 Å². The molecule has 0 radical (unpaired) electrons. The van der Waals surface area contributed by atoms with Crippen LogP contribution < -0.4 is 4.74 Å². The van der Waals surface area contributed by atoms with E-state index in [2.05, 4.69) is 22.2 Å². The molecule has 4 heteroatoms. The zero-order valence-electron chi connectivity index (χ0n) is 9.74. The first-order chi connectivity index (χ1) is 8.20. The molecule has 1 heterocycles. The van der Waals surface area contributed by atoms with Gasteiger partial charge in [-0.1, -0.05) is 15.9 Å². The molecule has 0 aromatic heterocycles. The van der Waals surface area contributed by atoms with Crippen molar-refractivity contribution in [3.63, 3.8) is 0 Å². The van der Waals surface area contributed by atoms with Gasteiger partial charge in [0, 0.05) is 10.9 Å². The van der Waals surface area contributed by atoms with Crippen molar-refractivity contribution in [3.05, 3.63) is 28.2 Å². The van der Waals surface area contributed by atoms with Gasteiger partial charge in [0.1, 0.15) is 11.9 Å². The number of fused-ring (bicyclic) bond motifs is 1. The average Bonchev–Trinajstić information content (AvgIpc) is 2.28. The van der Waals surface area contributed by atoms with E-state index in [1.165, 1.54) is 0 Å². The molecule has 0 aliphatic carbocycles. The fourth-order valence-electron chi connectivity index (χ4n) is 1.98. The maximum atomic E-state index is 11.9. The molecule has 1 aliphatic rings. The third-order valence-electron chi connectivity index (χ3n) is 2.83. The van der Waals surface area contributed by atoms with Crippen molar-refractivity contribution in [2.45, 2.75) is 25.4 Å². The fourth-order valence-corrected chi connectivity index (χ4v) is 2.77. The van der Waals surface area contributed by atoms with E-state index in [4.69, 9.17) is 4.74 Å². The number of ketones is 1. The Morgan fingerprint density at radius 3 is 3.12 bits per heavy atom. The average molecular weight is 315 g/mol. The summed E-state index contributed by atoms with van der Waals surface area (Å²) in [6, 6.07) is 5.60. The van der Waals surface area contributed by atoms with Crippen molar-refractivity contribution >= 4 is 33.5 Å². The summed E-state index contributed by atoms with van der Waals surface area (Å²) in [5, 5.41) is 0. The first-order valence-corrected chi connectivity index (χ1v) is 7.87. The van der Waals surface area contributed by atoms with Crippen molar-refractivity contribution in [1.29, 1.82) is 0 Å². The summed E-state index contributed by atoms with van der Waals surface area (Å²) in [5.74, 6) is 2.05. The molecule has 2 nitrogen and oxygen atoms in total. The van der Waals surface area contributed by atoms with Crippen LogP contribution in [-0.4, -0.2) is 23.9 Å². The van der Waals surface area contributed by atoms with Crippen LogP contribution in [0.5, 0.6) is 5.75 Å². The number of rotatable bonds is 4. The minimum Gasteiger partial charge on any atom is -0.489 e. The highest BCUT2D eigenvalue weighted by molar-refractivity contribution is 9.10. The molecule has 0 spiro atoms. The normalized spacial score (nSPS) is 18.7. The van der Waals surface area contributed by atoms with E-state index < -0.39 is 0 Å². The van der Waals surface area contributed by atoms with Crippen LogP contribution in [0.25, 0.3) is 0 Å². The minimum atomic E-state index is 0.0523. The van der Waals surface area contributed by atoms with Gasteiger partial charge in [-0.2, -0.15) is 11.8 Å². The maximum absolute atomic E-state index is 11.9. The lowest BCUT2D eigenvalue weighted by molar-refractivity contribution is 0.0838. The van der Waals surface area contributed by atoms with Crippen LogP contribution in [-0.2, 0) is 0 Å². The molecular formula is C13H15BrO2S. The number of thioether (sulfide) groups is 1. The lowest BCUT2D eigenvalue weighted by Gasteiger charge is -2.25. The lowest BCUT2D eigenvalue weighted by atomic mass is 9.98. The van der Waals surface area contributed by atoms with Crippen LogP contribution in [0.15, 0.2) is 22.7 Å². The molecule has 17 heavy (non-hydrogen) atoms. The van der Waals surface area contributed by atoms with Crippen LogP contribution in [0.2, 0.25) is 0 Å². The van der Waals surface area contributed by atoms with E-state index in [1.54, 1.807) is 0 Å². The smallest absolute Gasteiger partial charge is 0.170 e. The molecule has 2 rings (SSSR count). The van der Waals surface area contributed by atoms with Crippen LogP contribution in [0.3, 0.4) is 0 Å². The second-order valence-corrected chi connectivity index (χ2v) is 6.04. The second kappa shape index (κ2) is 5.91. The van der Waals surface area contributed by atoms with Gasteiger partial charge in [0.2, 0.25) is 0 Å². The van der Waals surface area contributed by atoms with E-state index in [0.29, 0.717) is 12.0 Å². The molecule has 1 aromatic rings. The molecule has 0 fully saturated rings. The highest BCUT2D eigenvalue weighted by atomic mass is 79.9. The second-order valence-electron chi connectivity index (χ2n) is 4.14. The zero-order chi connectivity index (χ0) is 12.3. The van der Waals surface area contributed by atoms with Crippen LogP contribution in [0.4, 0.5) is 0 Å². The van der Waals surface area contributed by atoms with Gasteiger partial charge in [0.05, 0.1) is 5.56 Å². The minimum absolute atomic E-state index is 0.0523. The number of carbonyl (C=O) groups excluding carboxylic acids is 1. The van der Waals surface area contributed by atoms with E-state index in [0.717, 1.165) is 28.8 Å². The first kappa shape index (κ1) is 13.0. The fraction of sp³-hybridized carbons (Fsp3) is 0.462. The summed E-state index contributed by atoms with van der Waals surface area (Å²) in [6.45, 7) is 0. The number of Topliss-reactive ketones (excluding diaryl/α,β-unsaturated/α-hetero) is 1.